The van der Waals surface area contributed by atoms with Crippen LogP contribution in [0.5, 0.6) is 5.75 Å². The summed E-state index contributed by atoms with van der Waals surface area (Å²) in [5.74, 6) is 0.534. The number of fused-ring (bicyclic) bond motifs is 2. The summed E-state index contributed by atoms with van der Waals surface area (Å²) in [6.07, 6.45) is 4.11. The summed E-state index contributed by atoms with van der Waals surface area (Å²) in [6.45, 7) is 0. The minimum Gasteiger partial charge on any atom is -0.496 e. The molecule has 3 aromatic carbocycles. The minimum atomic E-state index is -0.678. The molecule has 0 fully saturated rings. The number of allylic oxidation sites excluding steroid dienone is 1. The van der Waals surface area contributed by atoms with E-state index in [1.165, 1.54) is 18.2 Å². The van der Waals surface area contributed by atoms with Crippen LogP contribution in [0.3, 0.4) is 0 Å². The van der Waals surface area contributed by atoms with E-state index in [2.05, 4.69) is 18.2 Å². The zero-order valence-electron chi connectivity index (χ0n) is 18.2. The number of esters is 1. The molecule has 0 heterocycles. The van der Waals surface area contributed by atoms with Crippen LogP contribution in [0.2, 0.25) is 0 Å². The first-order valence-electron chi connectivity index (χ1n) is 10.7. The van der Waals surface area contributed by atoms with Crippen molar-refractivity contribution in [3.05, 3.63) is 106 Å². The van der Waals surface area contributed by atoms with Crippen LogP contribution in [0.1, 0.15) is 43.0 Å². The molecule has 1 atom stereocenters. The van der Waals surface area contributed by atoms with Gasteiger partial charge < -0.3 is 9.47 Å². The molecule has 0 N–H and O–H groups in total. The number of hydrogen-bond donors (Lipinski definition) is 0. The topological polar surface area (TPSA) is 52.6 Å². The average Bonchev–Trinajstić information content (AvgIpc) is 3.39. The third kappa shape index (κ3) is 3.14. The molecule has 0 aliphatic heterocycles. The Kier molecular flexibility index (Phi) is 4.93. The van der Waals surface area contributed by atoms with Crippen LogP contribution < -0.4 is 4.74 Å². The molecule has 0 saturated heterocycles. The summed E-state index contributed by atoms with van der Waals surface area (Å²) in [4.78, 5) is 25.8. The van der Waals surface area contributed by atoms with Crippen LogP contribution >= 0.6 is 0 Å². The van der Waals surface area contributed by atoms with Crippen molar-refractivity contribution in [1.82, 2.24) is 0 Å². The quantitative estimate of drug-likeness (QED) is 0.536. The lowest BCUT2D eigenvalue weighted by Gasteiger charge is -2.30. The fourth-order valence-corrected chi connectivity index (χ4v) is 5.12. The molecule has 0 aromatic heterocycles. The van der Waals surface area contributed by atoms with Gasteiger partial charge in [0.2, 0.25) is 0 Å². The Labute approximate surface area is 187 Å². The second-order valence-electron chi connectivity index (χ2n) is 8.48. The Morgan fingerprint density at radius 3 is 2.47 bits per heavy atom. The Hall–Kier alpha value is -3.66. The van der Waals surface area contributed by atoms with E-state index in [4.69, 9.17) is 9.47 Å². The van der Waals surface area contributed by atoms with E-state index >= 15 is 0 Å². The number of methoxy groups -OCH3 is 2. The number of carbonyl (C=O) groups is 2. The molecule has 2 aliphatic carbocycles. The van der Waals surface area contributed by atoms with Gasteiger partial charge in [0.25, 0.3) is 0 Å². The maximum atomic E-state index is 14.0. The van der Waals surface area contributed by atoms with Gasteiger partial charge in [0.15, 0.2) is 5.78 Å². The van der Waals surface area contributed by atoms with Crippen molar-refractivity contribution in [2.75, 3.05) is 14.2 Å². The number of benzene rings is 3. The second-order valence-corrected chi connectivity index (χ2v) is 8.48. The molecule has 3 aromatic rings. The summed E-state index contributed by atoms with van der Waals surface area (Å²) < 4.78 is 10.4. The normalized spacial score (nSPS) is 18.7. The van der Waals surface area contributed by atoms with Crippen LogP contribution in [0, 0.1) is 5.41 Å². The van der Waals surface area contributed by atoms with E-state index in [0.717, 1.165) is 34.4 Å². The molecule has 2 aliphatic rings. The van der Waals surface area contributed by atoms with Crippen molar-refractivity contribution in [1.29, 1.82) is 0 Å². The van der Waals surface area contributed by atoms with E-state index in [-0.39, 0.29) is 11.8 Å². The molecule has 4 heteroatoms. The molecule has 0 saturated carbocycles. The number of ether oxygens (including phenoxy) is 2. The molecule has 1 unspecified atom stereocenters. The van der Waals surface area contributed by atoms with Crippen molar-refractivity contribution >= 4 is 17.8 Å². The zero-order valence-corrected chi connectivity index (χ0v) is 18.2. The largest absolute Gasteiger partial charge is 0.496 e. The van der Waals surface area contributed by atoms with E-state index in [9.17, 15) is 9.59 Å². The summed E-state index contributed by atoms with van der Waals surface area (Å²) in [5, 5.41) is 0. The van der Waals surface area contributed by atoms with Crippen molar-refractivity contribution in [3.63, 3.8) is 0 Å². The van der Waals surface area contributed by atoms with Gasteiger partial charge in [-0.3, -0.25) is 4.79 Å². The number of rotatable bonds is 5. The molecular weight excluding hydrogens is 400 g/mol. The first-order valence-corrected chi connectivity index (χ1v) is 10.7. The van der Waals surface area contributed by atoms with Crippen molar-refractivity contribution in [3.8, 4) is 5.75 Å². The third-order valence-corrected chi connectivity index (χ3v) is 6.77. The Balaban J connectivity index is 1.58. The molecule has 0 bridgehead atoms. The molecular formula is C28H24O4. The highest BCUT2D eigenvalue weighted by molar-refractivity contribution is 6.08. The molecule has 0 spiro atoms. The molecule has 4 nitrogen and oxygen atoms in total. The predicted molar refractivity (Wildman–Crippen MR) is 123 cm³/mol. The lowest BCUT2D eigenvalue weighted by molar-refractivity contribution is 0.0600. The Bertz CT molecular complexity index is 1250. The minimum absolute atomic E-state index is 0.141. The van der Waals surface area contributed by atoms with Gasteiger partial charge >= 0.3 is 5.97 Å². The summed E-state index contributed by atoms with van der Waals surface area (Å²) in [5.41, 5.74) is 6.12. The second kappa shape index (κ2) is 7.79. The van der Waals surface area contributed by atoms with Gasteiger partial charge in [-0.2, -0.15) is 0 Å². The SMILES string of the molecule is COC(=O)c1ccc(CC2(C3=Cc4ccccc4C3)Cc3c(OC)cccc3C2=O)cc1. The molecule has 0 amide bonds. The number of hydrogen-bond acceptors (Lipinski definition) is 4. The number of carbonyl (C=O) groups excluding carboxylic acids is 2. The summed E-state index contributed by atoms with van der Waals surface area (Å²) >= 11 is 0. The monoisotopic (exact) mass is 424 g/mol. The maximum Gasteiger partial charge on any atom is 0.337 e. The maximum absolute atomic E-state index is 14.0. The predicted octanol–water partition coefficient (Wildman–Crippen LogP) is 5.09. The van der Waals surface area contributed by atoms with Crippen LogP contribution in [-0.2, 0) is 24.0 Å². The third-order valence-electron chi connectivity index (χ3n) is 6.77. The van der Waals surface area contributed by atoms with Gasteiger partial charge in [-0.15, -0.1) is 0 Å². The van der Waals surface area contributed by atoms with Crippen LogP contribution in [0.25, 0.3) is 6.08 Å². The van der Waals surface area contributed by atoms with Crippen LogP contribution in [0.15, 0.2) is 72.3 Å². The molecule has 160 valence electrons. The van der Waals surface area contributed by atoms with Gasteiger partial charge in [-0.05, 0) is 54.2 Å². The number of Topliss-reactive ketones (excluding diaryl/α,β-unsaturated/α-hetero) is 1. The van der Waals surface area contributed by atoms with Gasteiger partial charge in [-0.1, -0.05) is 60.2 Å². The summed E-state index contributed by atoms with van der Waals surface area (Å²) in [6, 6.07) is 21.4. The van der Waals surface area contributed by atoms with Crippen LogP contribution in [-0.4, -0.2) is 26.0 Å². The highest BCUT2D eigenvalue weighted by atomic mass is 16.5. The average molecular weight is 424 g/mol. The fraction of sp³-hybridized carbons (Fsp3) is 0.214. The van der Waals surface area contributed by atoms with Crippen molar-refractivity contribution < 1.29 is 19.1 Å². The fourth-order valence-electron chi connectivity index (χ4n) is 5.12. The highest BCUT2D eigenvalue weighted by Gasteiger charge is 2.49. The van der Waals surface area contributed by atoms with E-state index in [1.807, 2.05) is 42.5 Å². The van der Waals surface area contributed by atoms with Crippen LogP contribution in [0.4, 0.5) is 0 Å². The van der Waals surface area contributed by atoms with Gasteiger partial charge in [0.1, 0.15) is 5.75 Å². The first kappa shape index (κ1) is 20.3. The standard InChI is InChI=1S/C28H24O4/c1-31-25-9-5-8-23-24(25)17-28(26(23)29,22-14-20-6-3-4-7-21(20)15-22)16-18-10-12-19(13-11-18)27(30)32-2/h3-14H,15-17H2,1-2H3. The van der Waals surface area contributed by atoms with E-state index < -0.39 is 5.41 Å². The Morgan fingerprint density at radius 1 is 0.969 bits per heavy atom. The molecule has 0 radical (unpaired) electrons. The first-order chi connectivity index (χ1) is 15.6. The van der Waals surface area contributed by atoms with Gasteiger partial charge in [0, 0.05) is 11.1 Å². The zero-order chi connectivity index (χ0) is 22.3. The summed E-state index contributed by atoms with van der Waals surface area (Å²) in [7, 11) is 3.02. The van der Waals surface area contributed by atoms with Gasteiger partial charge in [0.05, 0.1) is 25.2 Å². The lowest BCUT2D eigenvalue weighted by Crippen LogP contribution is -2.33. The Morgan fingerprint density at radius 2 is 1.75 bits per heavy atom. The van der Waals surface area contributed by atoms with Crippen molar-refractivity contribution in [2.45, 2.75) is 19.3 Å². The smallest absolute Gasteiger partial charge is 0.337 e. The molecule has 5 rings (SSSR count). The highest BCUT2D eigenvalue weighted by Crippen LogP contribution is 2.50. The van der Waals surface area contributed by atoms with E-state index in [1.54, 1.807) is 19.2 Å². The van der Waals surface area contributed by atoms with E-state index in [0.29, 0.717) is 18.4 Å². The lowest BCUT2D eigenvalue weighted by atomic mass is 9.71. The van der Waals surface area contributed by atoms with Gasteiger partial charge in [-0.25, -0.2) is 4.79 Å². The molecule has 32 heavy (non-hydrogen) atoms. The van der Waals surface area contributed by atoms with Crippen molar-refractivity contribution in [2.24, 2.45) is 5.41 Å². The number of ketones is 1.